The Kier molecular flexibility index (Phi) is 6.74. The molecule has 0 aliphatic heterocycles. The molecule has 4 aromatic rings. The maximum absolute atomic E-state index is 12.5. The summed E-state index contributed by atoms with van der Waals surface area (Å²) in [7, 11) is 0. The number of carbonyl (C=O) groups is 2. The number of hydrogen-bond acceptors (Lipinski definition) is 4. The Balaban J connectivity index is 1.32. The lowest BCUT2D eigenvalue weighted by Crippen LogP contribution is -2.21. The molecule has 1 heterocycles. The Hall–Kier alpha value is -4.06. The van der Waals surface area contributed by atoms with E-state index in [1.54, 1.807) is 18.2 Å². The second-order valence-corrected chi connectivity index (χ2v) is 7.74. The van der Waals surface area contributed by atoms with E-state index in [0.717, 1.165) is 35.4 Å². The van der Waals surface area contributed by atoms with Crippen LogP contribution in [0.5, 0.6) is 0 Å². The quantitative estimate of drug-likeness (QED) is 0.367. The maximum Gasteiger partial charge on any atom is 0.291 e. The average Bonchev–Trinajstić information content (AvgIpc) is 3.27. The topological polar surface area (TPSA) is 74.6 Å². The van der Waals surface area contributed by atoms with Gasteiger partial charge in [0.2, 0.25) is 5.91 Å². The van der Waals surface area contributed by atoms with Crippen LogP contribution in [0.3, 0.4) is 0 Å². The van der Waals surface area contributed by atoms with Gasteiger partial charge in [-0.15, -0.1) is 0 Å². The van der Waals surface area contributed by atoms with Gasteiger partial charge in [-0.1, -0.05) is 30.3 Å². The van der Waals surface area contributed by atoms with Crippen LogP contribution in [0.15, 0.2) is 83.3 Å². The molecule has 0 unspecified atom stereocenters. The number of anilines is 3. The van der Waals surface area contributed by atoms with Crippen molar-refractivity contribution < 1.29 is 14.0 Å². The Morgan fingerprint density at radius 1 is 0.818 bits per heavy atom. The molecule has 0 aliphatic carbocycles. The number of hydrogen-bond donors (Lipinski definition) is 2. The predicted molar refractivity (Wildman–Crippen MR) is 133 cm³/mol. The molecule has 0 saturated carbocycles. The molecule has 4 rings (SSSR count). The molecule has 33 heavy (non-hydrogen) atoms. The van der Waals surface area contributed by atoms with Crippen molar-refractivity contribution in [2.75, 3.05) is 28.6 Å². The lowest BCUT2D eigenvalue weighted by molar-refractivity contribution is -0.115. The van der Waals surface area contributed by atoms with E-state index in [1.165, 1.54) is 0 Å². The van der Waals surface area contributed by atoms with Crippen molar-refractivity contribution in [3.63, 3.8) is 0 Å². The Bertz CT molecular complexity index is 1210. The van der Waals surface area contributed by atoms with E-state index in [0.29, 0.717) is 11.3 Å². The van der Waals surface area contributed by atoms with E-state index in [-0.39, 0.29) is 24.0 Å². The molecule has 1 aromatic heterocycles. The van der Waals surface area contributed by atoms with E-state index in [9.17, 15) is 9.59 Å². The minimum absolute atomic E-state index is 0.0929. The largest absolute Gasteiger partial charge is 0.451 e. The van der Waals surface area contributed by atoms with Crippen molar-refractivity contribution in [2.24, 2.45) is 0 Å². The van der Waals surface area contributed by atoms with Crippen LogP contribution >= 0.6 is 0 Å². The van der Waals surface area contributed by atoms with Gasteiger partial charge in [0.25, 0.3) is 5.91 Å². The SMILES string of the molecule is CCN(CC)c1ccc(NC(=O)Cc2ccc(NC(=O)c3cc4ccccc4o3)cc2)cc1. The minimum Gasteiger partial charge on any atom is -0.451 e. The summed E-state index contributed by atoms with van der Waals surface area (Å²) in [6, 6.07) is 24.3. The zero-order chi connectivity index (χ0) is 23.2. The lowest BCUT2D eigenvalue weighted by Gasteiger charge is -2.21. The summed E-state index contributed by atoms with van der Waals surface area (Å²) >= 11 is 0. The molecule has 0 bridgehead atoms. The highest BCUT2D eigenvalue weighted by Crippen LogP contribution is 2.21. The number of para-hydroxylation sites is 1. The smallest absolute Gasteiger partial charge is 0.291 e. The number of benzene rings is 3. The van der Waals surface area contributed by atoms with Crippen molar-refractivity contribution in [3.8, 4) is 0 Å². The lowest BCUT2D eigenvalue weighted by atomic mass is 10.1. The third-order valence-corrected chi connectivity index (χ3v) is 5.51. The zero-order valence-electron chi connectivity index (χ0n) is 18.8. The number of amides is 2. The molecule has 0 fully saturated rings. The molecule has 3 aromatic carbocycles. The molecule has 0 spiro atoms. The Morgan fingerprint density at radius 3 is 2.12 bits per heavy atom. The number of nitrogens with one attached hydrogen (secondary N) is 2. The fraction of sp³-hybridized carbons (Fsp3) is 0.185. The molecule has 0 atom stereocenters. The van der Waals surface area contributed by atoms with Crippen molar-refractivity contribution in [1.29, 1.82) is 0 Å². The van der Waals surface area contributed by atoms with Gasteiger partial charge in [0.05, 0.1) is 6.42 Å². The maximum atomic E-state index is 12.5. The van der Waals surface area contributed by atoms with Gasteiger partial charge < -0.3 is 20.0 Å². The Morgan fingerprint density at radius 2 is 1.45 bits per heavy atom. The van der Waals surface area contributed by atoms with Crippen LogP contribution in [0.25, 0.3) is 11.0 Å². The molecule has 6 nitrogen and oxygen atoms in total. The van der Waals surface area contributed by atoms with Crippen molar-refractivity contribution in [1.82, 2.24) is 0 Å². The molecule has 0 radical (unpaired) electrons. The van der Waals surface area contributed by atoms with Crippen molar-refractivity contribution in [3.05, 3.63) is 90.2 Å². The number of carbonyl (C=O) groups excluding carboxylic acids is 2. The summed E-state index contributed by atoms with van der Waals surface area (Å²) in [6.45, 7) is 6.12. The van der Waals surface area contributed by atoms with E-state index >= 15 is 0 Å². The summed E-state index contributed by atoms with van der Waals surface area (Å²) in [5.74, 6) is -0.152. The first kappa shape index (κ1) is 22.1. The second-order valence-electron chi connectivity index (χ2n) is 7.74. The van der Waals surface area contributed by atoms with Crippen molar-refractivity contribution >= 4 is 39.8 Å². The van der Waals surface area contributed by atoms with Gasteiger partial charge in [0.1, 0.15) is 5.58 Å². The van der Waals surface area contributed by atoms with Crippen LogP contribution < -0.4 is 15.5 Å². The van der Waals surface area contributed by atoms with Crippen LogP contribution in [0.4, 0.5) is 17.1 Å². The Labute approximate surface area is 193 Å². The van der Waals surface area contributed by atoms with Crippen LogP contribution in [0, 0.1) is 0 Å². The van der Waals surface area contributed by atoms with Gasteiger partial charge >= 0.3 is 0 Å². The van der Waals surface area contributed by atoms with Crippen molar-refractivity contribution in [2.45, 2.75) is 20.3 Å². The standard InChI is InChI=1S/C27H27N3O3/c1-3-30(4-2)23-15-13-21(14-16-23)28-26(31)17-19-9-11-22(12-10-19)29-27(32)25-18-20-7-5-6-8-24(20)33-25/h5-16,18H,3-4,17H2,1-2H3,(H,28,31)(H,29,32). The van der Waals surface area contributed by atoms with Crippen LogP contribution in [0.1, 0.15) is 30.0 Å². The second kappa shape index (κ2) is 10.0. The number of rotatable bonds is 8. The van der Waals surface area contributed by atoms with Crippen LogP contribution in [0.2, 0.25) is 0 Å². The fourth-order valence-corrected chi connectivity index (χ4v) is 3.73. The molecule has 2 amide bonds. The summed E-state index contributed by atoms with van der Waals surface area (Å²) in [5.41, 5.74) is 4.07. The van der Waals surface area contributed by atoms with Gasteiger partial charge in [0.15, 0.2) is 5.76 Å². The number of nitrogens with zero attached hydrogens (tertiary/aromatic N) is 1. The van der Waals surface area contributed by atoms with Gasteiger partial charge in [0, 0.05) is 35.5 Å². The summed E-state index contributed by atoms with van der Waals surface area (Å²) in [4.78, 5) is 27.2. The van der Waals surface area contributed by atoms with Crippen LogP contribution in [-0.2, 0) is 11.2 Å². The highest BCUT2D eigenvalue weighted by atomic mass is 16.3. The first-order valence-electron chi connectivity index (χ1n) is 11.1. The van der Waals surface area contributed by atoms with Crippen LogP contribution in [-0.4, -0.2) is 24.9 Å². The average molecular weight is 442 g/mol. The highest BCUT2D eigenvalue weighted by molar-refractivity contribution is 6.04. The van der Waals surface area contributed by atoms with Gasteiger partial charge in [-0.05, 0) is 67.9 Å². The van der Waals surface area contributed by atoms with E-state index < -0.39 is 0 Å². The molecule has 6 heteroatoms. The first-order chi connectivity index (χ1) is 16.1. The number of fused-ring (bicyclic) bond motifs is 1. The van der Waals surface area contributed by atoms with E-state index in [4.69, 9.17) is 4.42 Å². The van der Waals surface area contributed by atoms with E-state index in [2.05, 4.69) is 29.4 Å². The molecule has 2 N–H and O–H groups in total. The normalized spacial score (nSPS) is 10.7. The zero-order valence-corrected chi connectivity index (χ0v) is 18.8. The molecular formula is C27H27N3O3. The van der Waals surface area contributed by atoms with E-state index in [1.807, 2.05) is 60.7 Å². The number of furan rings is 1. The van der Waals surface area contributed by atoms with Gasteiger partial charge in [-0.2, -0.15) is 0 Å². The summed E-state index contributed by atoms with van der Waals surface area (Å²) in [6.07, 6.45) is 0.246. The molecule has 0 aliphatic rings. The fourth-order valence-electron chi connectivity index (χ4n) is 3.73. The monoisotopic (exact) mass is 441 g/mol. The molecular weight excluding hydrogens is 414 g/mol. The first-order valence-corrected chi connectivity index (χ1v) is 11.1. The third-order valence-electron chi connectivity index (χ3n) is 5.51. The third kappa shape index (κ3) is 5.41. The van der Waals surface area contributed by atoms with Gasteiger partial charge in [-0.25, -0.2) is 0 Å². The predicted octanol–water partition coefficient (Wildman–Crippen LogP) is 5.71. The highest BCUT2D eigenvalue weighted by Gasteiger charge is 2.12. The minimum atomic E-state index is -0.315. The summed E-state index contributed by atoms with van der Waals surface area (Å²) < 4.78 is 5.60. The molecule has 168 valence electrons. The molecule has 0 saturated heterocycles. The summed E-state index contributed by atoms with van der Waals surface area (Å²) in [5, 5.41) is 6.64. The van der Waals surface area contributed by atoms with Gasteiger partial charge in [-0.3, -0.25) is 9.59 Å².